The van der Waals surface area contributed by atoms with Gasteiger partial charge in [0.15, 0.2) is 15.3 Å². The van der Waals surface area contributed by atoms with Gasteiger partial charge < -0.3 is 5.32 Å². The number of amides is 1. The third kappa shape index (κ3) is 5.20. The second-order valence-corrected chi connectivity index (χ2v) is 9.25. The van der Waals surface area contributed by atoms with E-state index in [4.69, 9.17) is 0 Å². The molecular weight excluding hydrogens is 448 g/mol. The van der Waals surface area contributed by atoms with Crippen LogP contribution in [0.15, 0.2) is 53.4 Å². The number of rotatable bonds is 6. The number of nitrogens with one attached hydrogen (secondary N) is 1. The largest absolute Gasteiger partial charge is 0.406 e. The zero-order chi connectivity index (χ0) is 23.7. The highest BCUT2D eigenvalue weighted by Crippen LogP contribution is 2.51. The molecule has 2 aromatic carbocycles. The van der Waals surface area contributed by atoms with Crippen molar-refractivity contribution in [2.75, 3.05) is 11.1 Å². The molecule has 4 nitrogen and oxygen atoms in total. The van der Waals surface area contributed by atoms with Crippen molar-refractivity contribution in [3.05, 3.63) is 59.7 Å². The molecule has 0 spiro atoms. The summed E-state index contributed by atoms with van der Waals surface area (Å²) < 4.78 is 102. The van der Waals surface area contributed by atoms with Gasteiger partial charge in [0, 0.05) is 5.69 Å². The fourth-order valence-electron chi connectivity index (χ4n) is 2.75. The van der Waals surface area contributed by atoms with Crippen LogP contribution in [0.2, 0.25) is 0 Å². The topological polar surface area (TPSA) is 63.2 Å². The highest BCUT2D eigenvalue weighted by Gasteiger charge is 2.68. The van der Waals surface area contributed by atoms with Gasteiger partial charge in [0.1, 0.15) is 0 Å². The van der Waals surface area contributed by atoms with Crippen molar-refractivity contribution in [2.45, 2.75) is 42.9 Å². The highest BCUT2D eigenvalue weighted by atomic mass is 32.2. The Hall–Kier alpha value is -2.56. The molecule has 0 saturated heterocycles. The van der Waals surface area contributed by atoms with Crippen molar-refractivity contribution in [3.63, 3.8) is 0 Å². The van der Waals surface area contributed by atoms with Crippen LogP contribution in [0.3, 0.4) is 0 Å². The number of hydrogen-bond donors (Lipinski definition) is 1. The first-order valence-corrected chi connectivity index (χ1v) is 10.6. The normalized spacial score (nSPS) is 13.2. The van der Waals surface area contributed by atoms with E-state index in [9.17, 15) is 39.6 Å². The van der Waals surface area contributed by atoms with E-state index in [0.717, 1.165) is 12.1 Å². The molecule has 0 heterocycles. The molecule has 1 amide bonds. The number of alkyl halides is 6. The summed E-state index contributed by atoms with van der Waals surface area (Å²) in [6.45, 7) is 1.55. The Morgan fingerprint density at radius 3 is 1.77 bits per heavy atom. The summed E-state index contributed by atoms with van der Waals surface area (Å²) in [7, 11) is -3.39. The van der Waals surface area contributed by atoms with E-state index in [1.807, 2.05) is 0 Å². The monoisotopic (exact) mass is 467 g/mol. The van der Waals surface area contributed by atoms with Crippen LogP contribution in [0, 0.1) is 0 Å². The van der Waals surface area contributed by atoms with Gasteiger partial charge in [-0.1, -0.05) is 31.2 Å². The SMILES string of the molecule is CCS(=O)(=O)c1ccc(CC(=O)Nc2ccc(C(C)(C(F)(F)F)C(F)(F)F)cc2)cc1. The lowest BCUT2D eigenvalue weighted by Gasteiger charge is -2.34. The summed E-state index contributed by atoms with van der Waals surface area (Å²) in [6, 6.07) is 8.85. The molecule has 11 heteroatoms. The molecule has 0 bridgehead atoms. The predicted octanol–water partition coefficient (Wildman–Crippen LogP) is 5.04. The number of carbonyl (C=O) groups excluding carboxylic acids is 1. The molecule has 0 aliphatic heterocycles. The Morgan fingerprint density at radius 2 is 1.35 bits per heavy atom. The van der Waals surface area contributed by atoms with Crippen LogP contribution in [0.5, 0.6) is 0 Å². The standard InChI is InChI=1S/C20H19F6NO3S/c1-3-31(29,30)16-10-4-13(5-11-16)12-17(28)27-15-8-6-14(7-9-15)18(2,19(21,22)23)20(24,25)26/h4-11H,3,12H2,1-2H3,(H,27,28). The van der Waals surface area contributed by atoms with E-state index in [2.05, 4.69) is 5.32 Å². The number of carbonyl (C=O) groups is 1. The number of benzene rings is 2. The quantitative estimate of drug-likeness (QED) is 0.606. The lowest BCUT2D eigenvalue weighted by atomic mass is 9.81. The lowest BCUT2D eigenvalue weighted by Crippen LogP contribution is -2.51. The van der Waals surface area contributed by atoms with Crippen molar-refractivity contribution < 1.29 is 39.6 Å². The number of hydrogen-bond acceptors (Lipinski definition) is 3. The molecule has 2 aromatic rings. The molecule has 1 N–H and O–H groups in total. The van der Waals surface area contributed by atoms with Crippen LogP contribution >= 0.6 is 0 Å². The van der Waals surface area contributed by atoms with Gasteiger partial charge in [0.2, 0.25) is 5.91 Å². The first-order valence-electron chi connectivity index (χ1n) is 8.97. The van der Waals surface area contributed by atoms with E-state index in [1.54, 1.807) is 0 Å². The molecule has 31 heavy (non-hydrogen) atoms. The van der Waals surface area contributed by atoms with Gasteiger partial charge in [-0.3, -0.25) is 4.79 Å². The minimum atomic E-state index is -5.56. The zero-order valence-corrected chi connectivity index (χ0v) is 17.3. The van der Waals surface area contributed by atoms with Crippen LogP contribution in [-0.4, -0.2) is 32.4 Å². The van der Waals surface area contributed by atoms with Gasteiger partial charge in [-0.15, -0.1) is 0 Å². The second-order valence-electron chi connectivity index (χ2n) is 6.97. The smallest absolute Gasteiger partial charge is 0.326 e. The number of sulfone groups is 1. The summed E-state index contributed by atoms with van der Waals surface area (Å²) in [5.74, 6) is -0.655. The van der Waals surface area contributed by atoms with E-state index in [-0.39, 0.29) is 29.7 Å². The molecule has 0 unspecified atom stereocenters. The summed E-state index contributed by atoms with van der Waals surface area (Å²) in [5, 5.41) is 2.38. The fourth-order valence-corrected chi connectivity index (χ4v) is 3.63. The average Bonchev–Trinajstić information content (AvgIpc) is 2.66. The van der Waals surface area contributed by atoms with Crippen molar-refractivity contribution in [1.82, 2.24) is 0 Å². The van der Waals surface area contributed by atoms with E-state index in [1.165, 1.54) is 31.2 Å². The summed E-state index contributed by atoms with van der Waals surface area (Å²) in [4.78, 5) is 12.2. The van der Waals surface area contributed by atoms with Gasteiger partial charge in [-0.05, 0) is 42.3 Å². The van der Waals surface area contributed by atoms with Crippen molar-refractivity contribution in [3.8, 4) is 0 Å². The minimum Gasteiger partial charge on any atom is -0.326 e. The van der Waals surface area contributed by atoms with Gasteiger partial charge in [-0.25, -0.2) is 8.42 Å². The van der Waals surface area contributed by atoms with Crippen LogP contribution in [0.25, 0.3) is 0 Å². The minimum absolute atomic E-state index is 0.0191. The van der Waals surface area contributed by atoms with Crippen LogP contribution in [-0.2, 0) is 26.5 Å². The number of halogens is 6. The Kier molecular flexibility index (Phi) is 6.79. The Balaban J connectivity index is 2.14. The first kappa shape index (κ1) is 24.7. The molecule has 2 rings (SSSR count). The Morgan fingerprint density at radius 1 is 0.871 bits per heavy atom. The van der Waals surface area contributed by atoms with Crippen molar-refractivity contribution in [1.29, 1.82) is 0 Å². The average molecular weight is 467 g/mol. The van der Waals surface area contributed by atoms with Crippen molar-refractivity contribution >= 4 is 21.4 Å². The molecule has 0 aromatic heterocycles. The molecule has 0 radical (unpaired) electrons. The molecule has 0 aliphatic rings. The second kappa shape index (κ2) is 8.52. The van der Waals surface area contributed by atoms with Gasteiger partial charge in [-0.2, -0.15) is 26.3 Å². The molecule has 170 valence electrons. The van der Waals surface area contributed by atoms with Gasteiger partial charge in [0.05, 0.1) is 17.1 Å². The van der Waals surface area contributed by atoms with E-state index in [0.29, 0.717) is 17.7 Å². The molecular formula is C20H19F6NO3S. The molecule has 0 saturated carbocycles. The third-order valence-corrected chi connectivity index (χ3v) is 6.66. The lowest BCUT2D eigenvalue weighted by molar-refractivity contribution is -0.297. The zero-order valence-electron chi connectivity index (χ0n) is 16.4. The molecule has 0 fully saturated rings. The first-order chi connectivity index (χ1) is 14.1. The van der Waals surface area contributed by atoms with Gasteiger partial charge in [0.25, 0.3) is 0 Å². The maximum absolute atomic E-state index is 13.1. The predicted molar refractivity (Wildman–Crippen MR) is 102 cm³/mol. The Labute approximate surface area is 175 Å². The summed E-state index contributed by atoms with van der Waals surface area (Å²) in [6.07, 6.45) is -11.3. The Bertz CT molecular complexity index is 1010. The van der Waals surface area contributed by atoms with Gasteiger partial charge >= 0.3 is 12.4 Å². The third-order valence-electron chi connectivity index (χ3n) is 4.91. The van der Waals surface area contributed by atoms with Crippen LogP contribution < -0.4 is 5.32 Å². The maximum Gasteiger partial charge on any atom is 0.406 e. The van der Waals surface area contributed by atoms with E-state index >= 15 is 0 Å². The fraction of sp³-hybridized carbons (Fsp3) is 0.350. The van der Waals surface area contributed by atoms with Crippen LogP contribution in [0.4, 0.5) is 32.0 Å². The summed E-state index contributed by atoms with van der Waals surface area (Å²) >= 11 is 0. The molecule has 0 atom stereocenters. The highest BCUT2D eigenvalue weighted by molar-refractivity contribution is 7.91. The van der Waals surface area contributed by atoms with Crippen molar-refractivity contribution in [2.24, 2.45) is 0 Å². The van der Waals surface area contributed by atoms with E-state index < -0.39 is 39.1 Å². The maximum atomic E-state index is 13.1. The number of anilines is 1. The summed E-state index contributed by atoms with van der Waals surface area (Å²) in [5.41, 5.74) is -4.56. The molecule has 0 aliphatic carbocycles. The van der Waals surface area contributed by atoms with Crippen LogP contribution in [0.1, 0.15) is 25.0 Å².